The molecule has 0 aliphatic carbocycles. The van der Waals surface area contributed by atoms with E-state index in [0.29, 0.717) is 17.7 Å². The van der Waals surface area contributed by atoms with Crippen LogP contribution in [0, 0.1) is 11.6 Å². The summed E-state index contributed by atoms with van der Waals surface area (Å²) in [5, 5.41) is 12.9. The zero-order valence-electron chi connectivity index (χ0n) is 11.2. The molecule has 0 fully saturated rings. The number of aliphatic hydroxyl groups excluding tert-OH is 1. The van der Waals surface area contributed by atoms with Crippen LogP contribution >= 0.6 is 0 Å². The van der Waals surface area contributed by atoms with Crippen molar-refractivity contribution < 1.29 is 13.9 Å². The maximum Gasteiger partial charge on any atom is 0.125 e. The van der Waals surface area contributed by atoms with E-state index in [1.165, 1.54) is 24.3 Å². The Bertz CT molecular complexity index is 582. The van der Waals surface area contributed by atoms with Gasteiger partial charge in [-0.25, -0.2) is 8.78 Å². The van der Waals surface area contributed by atoms with Crippen LogP contribution in [0.15, 0.2) is 48.5 Å². The van der Waals surface area contributed by atoms with Crippen LogP contribution in [-0.4, -0.2) is 11.7 Å². The van der Waals surface area contributed by atoms with E-state index in [-0.39, 0.29) is 18.2 Å². The van der Waals surface area contributed by atoms with E-state index < -0.39 is 5.54 Å². The van der Waals surface area contributed by atoms with Crippen LogP contribution in [0.3, 0.4) is 0 Å². The number of hydrogen-bond donors (Lipinski definition) is 2. The second-order valence-corrected chi connectivity index (χ2v) is 4.74. The lowest BCUT2D eigenvalue weighted by Gasteiger charge is -2.33. The van der Waals surface area contributed by atoms with Gasteiger partial charge in [0.15, 0.2) is 0 Å². The monoisotopic (exact) mass is 277 g/mol. The first-order chi connectivity index (χ1) is 9.59. The molecule has 0 saturated heterocycles. The molecule has 0 aromatic heterocycles. The van der Waals surface area contributed by atoms with Crippen molar-refractivity contribution in [3.8, 4) is 0 Å². The fourth-order valence-electron chi connectivity index (χ4n) is 2.24. The van der Waals surface area contributed by atoms with Crippen molar-refractivity contribution in [2.75, 3.05) is 11.9 Å². The molecule has 0 bridgehead atoms. The Labute approximate surface area is 117 Å². The second-order valence-electron chi connectivity index (χ2n) is 4.74. The Morgan fingerprint density at radius 1 is 1.05 bits per heavy atom. The van der Waals surface area contributed by atoms with Crippen molar-refractivity contribution >= 4 is 5.69 Å². The highest BCUT2D eigenvalue weighted by Gasteiger charge is 2.30. The number of rotatable bonds is 5. The summed E-state index contributed by atoms with van der Waals surface area (Å²) in [7, 11) is 0. The largest absolute Gasteiger partial charge is 0.394 e. The van der Waals surface area contributed by atoms with E-state index in [1.54, 1.807) is 24.3 Å². The highest BCUT2D eigenvalue weighted by Crippen LogP contribution is 2.30. The number of anilines is 1. The van der Waals surface area contributed by atoms with Gasteiger partial charge in [0, 0.05) is 5.69 Å². The first-order valence-corrected chi connectivity index (χ1v) is 6.50. The summed E-state index contributed by atoms with van der Waals surface area (Å²) in [6.45, 7) is 1.66. The van der Waals surface area contributed by atoms with Gasteiger partial charge in [-0.15, -0.1) is 0 Å². The molecule has 20 heavy (non-hydrogen) atoms. The minimum Gasteiger partial charge on any atom is -0.394 e. The van der Waals surface area contributed by atoms with Gasteiger partial charge in [0.25, 0.3) is 0 Å². The molecule has 0 heterocycles. The molecular formula is C16H17F2NO. The molecule has 4 heteroatoms. The molecule has 0 aliphatic heterocycles. The van der Waals surface area contributed by atoms with Gasteiger partial charge in [-0.2, -0.15) is 0 Å². The van der Waals surface area contributed by atoms with E-state index >= 15 is 0 Å². The van der Waals surface area contributed by atoms with Gasteiger partial charge in [0.2, 0.25) is 0 Å². The zero-order valence-corrected chi connectivity index (χ0v) is 11.2. The van der Waals surface area contributed by atoms with Crippen molar-refractivity contribution in [3.05, 3.63) is 65.7 Å². The van der Waals surface area contributed by atoms with Gasteiger partial charge in [0.05, 0.1) is 12.1 Å². The molecule has 2 N–H and O–H groups in total. The van der Waals surface area contributed by atoms with Crippen molar-refractivity contribution in [2.24, 2.45) is 0 Å². The molecular weight excluding hydrogens is 260 g/mol. The SMILES string of the molecule is CCC(CO)(Nc1cccc(F)c1)c1cccc(F)c1. The molecule has 0 amide bonds. The van der Waals surface area contributed by atoms with Crippen LogP contribution in [-0.2, 0) is 5.54 Å². The topological polar surface area (TPSA) is 32.3 Å². The van der Waals surface area contributed by atoms with Crippen molar-refractivity contribution in [3.63, 3.8) is 0 Å². The lowest BCUT2D eigenvalue weighted by Crippen LogP contribution is -2.38. The van der Waals surface area contributed by atoms with Crippen molar-refractivity contribution in [1.82, 2.24) is 0 Å². The van der Waals surface area contributed by atoms with Crippen LogP contribution in [0.1, 0.15) is 18.9 Å². The third-order valence-electron chi connectivity index (χ3n) is 3.46. The molecule has 0 aliphatic rings. The van der Waals surface area contributed by atoms with Gasteiger partial charge in [-0.3, -0.25) is 0 Å². The van der Waals surface area contributed by atoms with E-state index in [0.717, 1.165) is 0 Å². The first kappa shape index (κ1) is 14.5. The van der Waals surface area contributed by atoms with Crippen molar-refractivity contribution in [1.29, 1.82) is 0 Å². The minimum atomic E-state index is -0.837. The standard InChI is InChI=1S/C16H17F2NO/c1-2-16(11-20,12-5-3-6-13(17)9-12)19-15-8-4-7-14(18)10-15/h3-10,19-20H,2,11H2,1H3. The zero-order chi connectivity index (χ0) is 14.6. The molecule has 106 valence electrons. The highest BCUT2D eigenvalue weighted by atomic mass is 19.1. The maximum absolute atomic E-state index is 13.4. The third-order valence-corrected chi connectivity index (χ3v) is 3.46. The number of aliphatic hydroxyl groups is 1. The number of benzene rings is 2. The summed E-state index contributed by atoms with van der Waals surface area (Å²) in [5.74, 6) is -0.730. The van der Waals surface area contributed by atoms with E-state index in [1.807, 2.05) is 6.92 Å². The highest BCUT2D eigenvalue weighted by molar-refractivity contribution is 5.48. The Balaban J connectivity index is 2.39. The van der Waals surface area contributed by atoms with E-state index in [9.17, 15) is 13.9 Å². The molecule has 2 aromatic rings. The number of hydrogen-bond acceptors (Lipinski definition) is 2. The summed E-state index contributed by atoms with van der Waals surface area (Å²) in [6, 6.07) is 12.1. The summed E-state index contributed by atoms with van der Waals surface area (Å²) in [5.41, 5.74) is 0.340. The predicted molar refractivity (Wildman–Crippen MR) is 75.5 cm³/mol. The predicted octanol–water partition coefficient (Wildman–Crippen LogP) is 3.67. The lowest BCUT2D eigenvalue weighted by molar-refractivity contribution is 0.207. The molecule has 0 spiro atoms. The van der Waals surface area contributed by atoms with Gasteiger partial charge in [-0.1, -0.05) is 25.1 Å². The van der Waals surface area contributed by atoms with E-state index in [2.05, 4.69) is 5.32 Å². The maximum atomic E-state index is 13.4. The minimum absolute atomic E-state index is 0.219. The van der Waals surface area contributed by atoms with Crippen LogP contribution in [0.2, 0.25) is 0 Å². The van der Waals surface area contributed by atoms with Crippen LogP contribution in [0.5, 0.6) is 0 Å². The van der Waals surface area contributed by atoms with Crippen molar-refractivity contribution in [2.45, 2.75) is 18.9 Å². The number of nitrogens with one attached hydrogen (secondary N) is 1. The fraction of sp³-hybridized carbons (Fsp3) is 0.250. The smallest absolute Gasteiger partial charge is 0.125 e. The normalized spacial score (nSPS) is 13.8. The van der Waals surface area contributed by atoms with E-state index in [4.69, 9.17) is 0 Å². The first-order valence-electron chi connectivity index (χ1n) is 6.50. The average Bonchev–Trinajstić information content (AvgIpc) is 2.45. The molecule has 1 unspecified atom stereocenters. The quantitative estimate of drug-likeness (QED) is 0.874. The van der Waals surface area contributed by atoms with Gasteiger partial charge < -0.3 is 10.4 Å². The van der Waals surface area contributed by atoms with Gasteiger partial charge >= 0.3 is 0 Å². The summed E-state index contributed by atoms with van der Waals surface area (Å²) < 4.78 is 26.7. The van der Waals surface area contributed by atoms with Gasteiger partial charge in [0.1, 0.15) is 11.6 Å². The Hall–Kier alpha value is -1.94. The second kappa shape index (κ2) is 6.01. The molecule has 2 nitrogen and oxygen atoms in total. The molecule has 0 radical (unpaired) electrons. The molecule has 2 rings (SSSR count). The lowest BCUT2D eigenvalue weighted by atomic mass is 9.87. The molecule has 1 atom stereocenters. The Morgan fingerprint density at radius 3 is 2.25 bits per heavy atom. The van der Waals surface area contributed by atoms with Crippen LogP contribution in [0.4, 0.5) is 14.5 Å². The van der Waals surface area contributed by atoms with Crippen LogP contribution < -0.4 is 5.32 Å². The number of halogens is 2. The average molecular weight is 277 g/mol. The molecule has 0 saturated carbocycles. The molecule has 2 aromatic carbocycles. The van der Waals surface area contributed by atoms with Crippen LogP contribution in [0.25, 0.3) is 0 Å². The van der Waals surface area contributed by atoms with Gasteiger partial charge in [-0.05, 0) is 42.3 Å². The summed E-state index contributed by atoms with van der Waals surface area (Å²) in [6.07, 6.45) is 0.531. The summed E-state index contributed by atoms with van der Waals surface area (Å²) in [4.78, 5) is 0. The third kappa shape index (κ3) is 2.96. The Kier molecular flexibility index (Phi) is 4.35. The summed E-state index contributed by atoms with van der Waals surface area (Å²) >= 11 is 0. The fourth-order valence-corrected chi connectivity index (χ4v) is 2.24. The Morgan fingerprint density at radius 2 is 1.70 bits per heavy atom.